The quantitative estimate of drug-likeness (QED) is 0.0320. The van der Waals surface area contributed by atoms with Crippen LogP contribution >= 0.6 is 0 Å². The lowest BCUT2D eigenvalue weighted by atomic mass is 10.0. The van der Waals surface area contributed by atoms with Crippen molar-refractivity contribution in [1.29, 1.82) is 0 Å². The lowest BCUT2D eigenvalue weighted by molar-refractivity contribution is -0.143. The molecule has 0 bridgehead atoms. The molecule has 2 unspecified atom stereocenters. The SMILES string of the molecule is CCCCC/C=C\C/C=C\CCCCCCCC(=O)OCCCCCCCCCCC/C=C\CCCCCCCCCC(=O)NC(CO)C(O)/C=C/CCCCCCCCCCCCCCCCCCCCC. The van der Waals surface area contributed by atoms with Crippen LogP contribution in [0.2, 0.25) is 0 Å². The van der Waals surface area contributed by atoms with Gasteiger partial charge in [0.1, 0.15) is 0 Å². The van der Waals surface area contributed by atoms with Gasteiger partial charge < -0.3 is 20.3 Å². The van der Waals surface area contributed by atoms with Gasteiger partial charge in [-0.1, -0.05) is 287 Å². The van der Waals surface area contributed by atoms with Gasteiger partial charge in [0.15, 0.2) is 0 Å². The highest BCUT2D eigenvalue weighted by molar-refractivity contribution is 5.76. The van der Waals surface area contributed by atoms with Crippen molar-refractivity contribution < 1.29 is 24.5 Å². The van der Waals surface area contributed by atoms with E-state index in [9.17, 15) is 19.8 Å². The number of hydrogen-bond donors (Lipinski definition) is 3. The summed E-state index contributed by atoms with van der Waals surface area (Å²) < 4.78 is 5.47. The molecular weight excluding hydrogens is 899 g/mol. The maximum Gasteiger partial charge on any atom is 0.305 e. The summed E-state index contributed by atoms with van der Waals surface area (Å²) in [6, 6.07) is -0.636. The molecule has 0 aliphatic rings. The van der Waals surface area contributed by atoms with Crippen LogP contribution < -0.4 is 5.32 Å². The first-order chi connectivity index (χ1) is 36.0. The molecule has 0 saturated heterocycles. The second-order valence-corrected chi connectivity index (χ2v) is 22.1. The predicted molar refractivity (Wildman–Crippen MR) is 319 cm³/mol. The van der Waals surface area contributed by atoms with Crippen molar-refractivity contribution >= 4 is 11.9 Å². The van der Waals surface area contributed by atoms with Crippen LogP contribution in [0.4, 0.5) is 0 Å². The van der Waals surface area contributed by atoms with Gasteiger partial charge in [0, 0.05) is 12.8 Å². The summed E-state index contributed by atoms with van der Waals surface area (Å²) >= 11 is 0. The molecule has 0 aromatic carbocycles. The third kappa shape index (κ3) is 58.9. The molecule has 0 rings (SSSR count). The van der Waals surface area contributed by atoms with Gasteiger partial charge >= 0.3 is 5.97 Å². The number of aliphatic hydroxyl groups excluding tert-OH is 2. The fourth-order valence-electron chi connectivity index (χ4n) is 9.84. The molecule has 0 radical (unpaired) electrons. The Kier molecular flexibility index (Phi) is 60.5. The Bertz CT molecular complexity index is 1230. The lowest BCUT2D eigenvalue weighted by Crippen LogP contribution is -2.45. The number of esters is 1. The summed E-state index contributed by atoms with van der Waals surface area (Å²) in [5, 5.41) is 23.2. The number of ether oxygens (including phenoxy) is 1. The third-order valence-electron chi connectivity index (χ3n) is 14.8. The minimum atomic E-state index is -0.852. The predicted octanol–water partition coefficient (Wildman–Crippen LogP) is 20.5. The Morgan fingerprint density at radius 2 is 0.685 bits per heavy atom. The Hall–Kier alpha value is -2.18. The zero-order valence-corrected chi connectivity index (χ0v) is 48.9. The van der Waals surface area contributed by atoms with Crippen LogP contribution in [0.1, 0.15) is 341 Å². The van der Waals surface area contributed by atoms with Crippen LogP contribution in [0.25, 0.3) is 0 Å². The van der Waals surface area contributed by atoms with Crippen molar-refractivity contribution in [3.05, 3.63) is 48.6 Å². The van der Waals surface area contributed by atoms with Crippen LogP contribution in [0, 0.1) is 0 Å². The largest absolute Gasteiger partial charge is 0.466 e. The van der Waals surface area contributed by atoms with Gasteiger partial charge in [0.2, 0.25) is 5.91 Å². The highest BCUT2D eigenvalue weighted by atomic mass is 16.5. The molecule has 0 aromatic heterocycles. The molecule has 6 nitrogen and oxygen atoms in total. The highest BCUT2D eigenvalue weighted by Crippen LogP contribution is 2.17. The number of hydrogen-bond acceptors (Lipinski definition) is 5. The van der Waals surface area contributed by atoms with E-state index in [1.807, 2.05) is 6.08 Å². The first kappa shape index (κ1) is 70.8. The number of carbonyl (C=O) groups is 2. The molecule has 0 fully saturated rings. The van der Waals surface area contributed by atoms with Gasteiger partial charge in [0.25, 0.3) is 0 Å². The molecule has 0 saturated carbocycles. The highest BCUT2D eigenvalue weighted by Gasteiger charge is 2.18. The van der Waals surface area contributed by atoms with Gasteiger partial charge in [-0.25, -0.2) is 0 Å². The van der Waals surface area contributed by atoms with Crippen LogP contribution in [-0.4, -0.2) is 47.4 Å². The van der Waals surface area contributed by atoms with Gasteiger partial charge in [-0.15, -0.1) is 0 Å². The average Bonchev–Trinajstić information content (AvgIpc) is 3.39. The minimum Gasteiger partial charge on any atom is -0.466 e. The molecule has 0 aliphatic carbocycles. The second-order valence-electron chi connectivity index (χ2n) is 22.1. The van der Waals surface area contributed by atoms with E-state index in [0.29, 0.717) is 19.4 Å². The smallest absolute Gasteiger partial charge is 0.305 e. The van der Waals surface area contributed by atoms with Crippen LogP contribution in [-0.2, 0) is 14.3 Å². The van der Waals surface area contributed by atoms with Crippen LogP contribution in [0.5, 0.6) is 0 Å². The number of rotatable bonds is 60. The average molecular weight is 1020 g/mol. The van der Waals surface area contributed by atoms with Crippen LogP contribution in [0.15, 0.2) is 48.6 Å². The van der Waals surface area contributed by atoms with E-state index in [-0.39, 0.29) is 18.5 Å². The summed E-state index contributed by atoms with van der Waals surface area (Å²) in [7, 11) is 0. The first-order valence-electron chi connectivity index (χ1n) is 32.4. The van der Waals surface area contributed by atoms with E-state index < -0.39 is 12.1 Å². The standard InChI is InChI=1S/C67H125NO5/c1-3-5-7-9-11-13-15-17-19-20-21-22-25-28-32-35-39-43-47-51-55-59-65(70)64(63-69)68-66(71)60-56-52-48-44-40-36-33-29-26-23-24-27-30-34-38-42-46-50-54-58-62-73-67(72)61-57-53-49-45-41-37-31-18-16-14-12-10-8-6-4-2/h12,14,18,23,26,31,55,59,64-65,69-70H,3-11,13,15-17,19-22,24-25,27-30,32-54,56-58,60-63H2,1-2H3,(H,68,71)/b14-12-,26-23-,31-18-,59-55+. The van der Waals surface area contributed by atoms with E-state index in [2.05, 4.69) is 55.6 Å². The molecule has 6 heteroatoms. The van der Waals surface area contributed by atoms with E-state index in [1.54, 1.807) is 6.08 Å². The summed E-state index contributed by atoms with van der Waals surface area (Å²) in [6.45, 7) is 4.88. The Morgan fingerprint density at radius 3 is 1.08 bits per heavy atom. The fourth-order valence-corrected chi connectivity index (χ4v) is 9.84. The molecule has 0 heterocycles. The number of unbranched alkanes of at least 4 members (excludes halogenated alkanes) is 43. The number of nitrogens with one attached hydrogen (secondary N) is 1. The molecule has 0 aliphatic heterocycles. The maximum absolute atomic E-state index is 12.5. The van der Waals surface area contributed by atoms with Crippen molar-refractivity contribution in [3.63, 3.8) is 0 Å². The Balaban J connectivity index is 3.47. The minimum absolute atomic E-state index is 0.00848. The number of carbonyl (C=O) groups excluding carboxylic acids is 2. The van der Waals surface area contributed by atoms with Crippen molar-refractivity contribution in [2.75, 3.05) is 13.2 Å². The van der Waals surface area contributed by atoms with E-state index >= 15 is 0 Å². The van der Waals surface area contributed by atoms with Gasteiger partial charge in [-0.05, 0) is 89.9 Å². The molecule has 1 amide bonds. The molecule has 2 atom stereocenters. The molecular formula is C67H125NO5. The summed E-state index contributed by atoms with van der Waals surface area (Å²) in [6.07, 6.45) is 80.1. The summed E-state index contributed by atoms with van der Waals surface area (Å²) in [5.41, 5.74) is 0. The first-order valence-corrected chi connectivity index (χ1v) is 32.4. The van der Waals surface area contributed by atoms with E-state index in [1.165, 1.54) is 257 Å². The fraction of sp³-hybridized carbons (Fsp3) is 0.851. The van der Waals surface area contributed by atoms with E-state index in [0.717, 1.165) is 57.8 Å². The molecule has 428 valence electrons. The summed E-state index contributed by atoms with van der Waals surface area (Å²) in [5.74, 6) is -0.0832. The van der Waals surface area contributed by atoms with Crippen molar-refractivity contribution in [2.24, 2.45) is 0 Å². The van der Waals surface area contributed by atoms with Crippen molar-refractivity contribution in [2.45, 2.75) is 353 Å². The van der Waals surface area contributed by atoms with Gasteiger partial charge in [0.05, 0.1) is 25.4 Å². The Morgan fingerprint density at radius 1 is 0.384 bits per heavy atom. The normalized spacial score (nSPS) is 12.9. The lowest BCUT2D eigenvalue weighted by Gasteiger charge is -2.20. The Labute approximate surface area is 455 Å². The van der Waals surface area contributed by atoms with E-state index in [4.69, 9.17) is 4.74 Å². The second kappa shape index (κ2) is 62.4. The summed E-state index contributed by atoms with van der Waals surface area (Å²) in [4.78, 5) is 24.6. The topological polar surface area (TPSA) is 95.9 Å². The number of amides is 1. The molecule has 0 spiro atoms. The maximum atomic E-state index is 12.5. The van der Waals surface area contributed by atoms with Gasteiger partial charge in [-0.3, -0.25) is 9.59 Å². The monoisotopic (exact) mass is 1020 g/mol. The molecule has 0 aromatic rings. The van der Waals surface area contributed by atoms with Crippen molar-refractivity contribution in [3.8, 4) is 0 Å². The molecule has 3 N–H and O–H groups in total. The number of allylic oxidation sites excluding steroid dienone is 7. The zero-order valence-electron chi connectivity index (χ0n) is 48.9. The van der Waals surface area contributed by atoms with Crippen LogP contribution in [0.3, 0.4) is 0 Å². The van der Waals surface area contributed by atoms with Gasteiger partial charge in [-0.2, -0.15) is 0 Å². The zero-order chi connectivity index (χ0) is 52.9. The third-order valence-corrected chi connectivity index (χ3v) is 14.8. The van der Waals surface area contributed by atoms with Crippen molar-refractivity contribution in [1.82, 2.24) is 5.32 Å². The molecule has 73 heavy (non-hydrogen) atoms. The number of aliphatic hydroxyl groups is 2.